The molecule has 1 atom stereocenters. The van der Waals surface area contributed by atoms with Crippen LogP contribution >= 0.6 is 0 Å². The zero-order chi connectivity index (χ0) is 11.6. The average Bonchev–Trinajstić information content (AvgIpc) is 2.52. The molecule has 0 radical (unpaired) electrons. The second-order valence-corrected chi connectivity index (χ2v) is 4.61. The summed E-state index contributed by atoms with van der Waals surface area (Å²) in [5, 5.41) is 3.55. The second-order valence-electron chi connectivity index (χ2n) is 4.61. The molecule has 0 bridgehead atoms. The van der Waals surface area contributed by atoms with Crippen LogP contribution in [0.15, 0.2) is 23.9 Å². The van der Waals surface area contributed by atoms with Crippen LogP contribution in [0, 0.1) is 0 Å². The first-order valence-electron chi connectivity index (χ1n) is 6.66. The van der Waals surface area contributed by atoms with Crippen LogP contribution in [0.1, 0.15) is 51.9 Å². The summed E-state index contributed by atoms with van der Waals surface area (Å²) in [6.45, 7) is 3.40. The number of hydrogen-bond acceptors (Lipinski definition) is 2. The molecule has 0 aromatic carbocycles. The Labute approximate surface area is 100.0 Å². The van der Waals surface area contributed by atoms with Crippen LogP contribution in [0.3, 0.4) is 0 Å². The van der Waals surface area contributed by atoms with Crippen molar-refractivity contribution in [3.8, 4) is 0 Å². The van der Waals surface area contributed by atoms with Gasteiger partial charge >= 0.3 is 0 Å². The molecule has 0 aromatic heterocycles. The molecule has 16 heavy (non-hydrogen) atoms. The monoisotopic (exact) mass is 222 g/mol. The topological polar surface area (TPSA) is 38.0 Å². The van der Waals surface area contributed by atoms with Crippen LogP contribution in [-0.4, -0.2) is 12.6 Å². The predicted octanol–water partition coefficient (Wildman–Crippen LogP) is 3.11. The van der Waals surface area contributed by atoms with Gasteiger partial charge in [0.1, 0.15) is 0 Å². The number of rotatable bonds is 6. The number of nitrogens with two attached hydrogens (primary N) is 1. The van der Waals surface area contributed by atoms with Gasteiger partial charge in [-0.1, -0.05) is 37.5 Å². The van der Waals surface area contributed by atoms with Gasteiger partial charge in [0.15, 0.2) is 0 Å². The molecule has 0 fully saturated rings. The van der Waals surface area contributed by atoms with Crippen molar-refractivity contribution < 1.29 is 0 Å². The van der Waals surface area contributed by atoms with E-state index in [1.54, 1.807) is 11.8 Å². The maximum Gasteiger partial charge on any atom is 0.0287 e. The molecule has 2 nitrogen and oxygen atoms in total. The number of nitrogens with one attached hydrogen (secondary N) is 1. The predicted molar refractivity (Wildman–Crippen MR) is 71.2 cm³/mol. The van der Waals surface area contributed by atoms with Gasteiger partial charge in [-0.25, -0.2) is 0 Å². The molecule has 2 heteroatoms. The van der Waals surface area contributed by atoms with E-state index >= 15 is 0 Å². The molecule has 1 rings (SSSR count). The average molecular weight is 222 g/mol. The van der Waals surface area contributed by atoms with E-state index < -0.39 is 0 Å². The van der Waals surface area contributed by atoms with Crippen LogP contribution in [0.2, 0.25) is 0 Å². The van der Waals surface area contributed by atoms with Gasteiger partial charge in [0.05, 0.1) is 0 Å². The second kappa shape index (κ2) is 8.40. The Morgan fingerprint density at radius 3 is 3.12 bits per heavy atom. The van der Waals surface area contributed by atoms with Crippen molar-refractivity contribution in [3.05, 3.63) is 23.9 Å². The zero-order valence-electron chi connectivity index (χ0n) is 10.5. The van der Waals surface area contributed by atoms with Crippen LogP contribution in [0.5, 0.6) is 0 Å². The highest BCUT2D eigenvalue weighted by atomic mass is 14.9. The standard InChI is InChI=1S/C14H26N2/c1-2-3-4-7-13-8-6-11-16-14(12-13)9-5-10-15/h5,10,12,14,16H,2-4,6-9,11,15H2,1H3. The van der Waals surface area contributed by atoms with E-state index in [0.29, 0.717) is 6.04 Å². The Balaban J connectivity index is 2.41. The molecule has 1 heterocycles. The van der Waals surface area contributed by atoms with Gasteiger partial charge in [0.2, 0.25) is 0 Å². The number of hydrogen-bond donors (Lipinski definition) is 2. The minimum absolute atomic E-state index is 0.499. The summed E-state index contributed by atoms with van der Waals surface area (Å²) >= 11 is 0. The quantitative estimate of drug-likeness (QED) is 0.535. The van der Waals surface area contributed by atoms with Crippen molar-refractivity contribution in [2.75, 3.05) is 6.54 Å². The molecule has 1 aliphatic rings. The van der Waals surface area contributed by atoms with Gasteiger partial charge in [0.25, 0.3) is 0 Å². The molecule has 92 valence electrons. The summed E-state index contributed by atoms with van der Waals surface area (Å²) in [5.74, 6) is 0. The van der Waals surface area contributed by atoms with Crippen LogP contribution in [0.4, 0.5) is 0 Å². The van der Waals surface area contributed by atoms with E-state index in [-0.39, 0.29) is 0 Å². The summed E-state index contributed by atoms with van der Waals surface area (Å²) in [5.41, 5.74) is 7.04. The van der Waals surface area contributed by atoms with Crippen molar-refractivity contribution >= 4 is 0 Å². The van der Waals surface area contributed by atoms with Gasteiger partial charge in [-0.2, -0.15) is 0 Å². The Morgan fingerprint density at radius 2 is 2.38 bits per heavy atom. The normalized spacial score (nSPS) is 22.1. The van der Waals surface area contributed by atoms with Crippen LogP contribution < -0.4 is 11.1 Å². The van der Waals surface area contributed by atoms with E-state index in [9.17, 15) is 0 Å². The smallest absolute Gasteiger partial charge is 0.0287 e. The summed E-state index contributed by atoms with van der Waals surface area (Å²) in [7, 11) is 0. The SMILES string of the molecule is CCCCCC1=CC(CC=CN)NCCC1. The highest BCUT2D eigenvalue weighted by Gasteiger charge is 2.09. The maximum absolute atomic E-state index is 5.39. The molecule has 3 N–H and O–H groups in total. The molecule has 0 saturated carbocycles. The largest absolute Gasteiger partial charge is 0.405 e. The fraction of sp³-hybridized carbons (Fsp3) is 0.714. The van der Waals surface area contributed by atoms with Gasteiger partial charge in [-0.3, -0.25) is 0 Å². The molecule has 0 amide bonds. The molecular weight excluding hydrogens is 196 g/mol. The first-order chi connectivity index (χ1) is 7.86. The zero-order valence-corrected chi connectivity index (χ0v) is 10.5. The molecule has 1 aliphatic heterocycles. The molecule has 0 aromatic rings. The summed E-state index contributed by atoms with van der Waals surface area (Å²) in [6, 6.07) is 0.499. The van der Waals surface area contributed by atoms with Gasteiger partial charge in [-0.05, 0) is 44.8 Å². The highest BCUT2D eigenvalue weighted by molar-refractivity contribution is 5.10. The maximum atomic E-state index is 5.39. The molecule has 0 spiro atoms. The van der Waals surface area contributed by atoms with E-state index in [2.05, 4.69) is 18.3 Å². The van der Waals surface area contributed by atoms with Gasteiger partial charge < -0.3 is 11.1 Å². The van der Waals surface area contributed by atoms with E-state index in [4.69, 9.17) is 5.73 Å². The van der Waals surface area contributed by atoms with Crippen molar-refractivity contribution in [2.24, 2.45) is 5.73 Å². The molecule has 0 saturated heterocycles. The first kappa shape index (κ1) is 13.3. The number of allylic oxidation sites excluding steroid dienone is 1. The Morgan fingerprint density at radius 1 is 1.50 bits per heavy atom. The van der Waals surface area contributed by atoms with Crippen LogP contribution in [-0.2, 0) is 0 Å². The lowest BCUT2D eigenvalue weighted by Crippen LogP contribution is -2.26. The lowest BCUT2D eigenvalue weighted by molar-refractivity contribution is 0.597. The van der Waals surface area contributed by atoms with Crippen molar-refractivity contribution in [1.82, 2.24) is 5.32 Å². The first-order valence-corrected chi connectivity index (χ1v) is 6.66. The fourth-order valence-electron chi connectivity index (χ4n) is 2.22. The Kier molecular flexibility index (Phi) is 6.98. The third-order valence-corrected chi connectivity index (χ3v) is 3.15. The minimum atomic E-state index is 0.499. The lowest BCUT2D eigenvalue weighted by atomic mass is 10.0. The Hall–Kier alpha value is -0.760. The number of unbranched alkanes of at least 4 members (excludes halogenated alkanes) is 2. The fourth-order valence-corrected chi connectivity index (χ4v) is 2.22. The van der Waals surface area contributed by atoms with Crippen molar-refractivity contribution in [3.63, 3.8) is 0 Å². The third kappa shape index (κ3) is 5.36. The Bertz CT molecular complexity index is 231. The summed E-state index contributed by atoms with van der Waals surface area (Å²) in [6.07, 6.45) is 15.0. The molecular formula is C14H26N2. The molecule has 0 aliphatic carbocycles. The third-order valence-electron chi connectivity index (χ3n) is 3.15. The molecule has 1 unspecified atom stereocenters. The lowest BCUT2D eigenvalue weighted by Gasteiger charge is -2.11. The summed E-state index contributed by atoms with van der Waals surface area (Å²) < 4.78 is 0. The summed E-state index contributed by atoms with van der Waals surface area (Å²) in [4.78, 5) is 0. The van der Waals surface area contributed by atoms with Gasteiger partial charge in [-0.15, -0.1) is 0 Å². The van der Waals surface area contributed by atoms with E-state index in [1.807, 2.05) is 6.08 Å². The van der Waals surface area contributed by atoms with Crippen molar-refractivity contribution in [1.29, 1.82) is 0 Å². The highest BCUT2D eigenvalue weighted by Crippen LogP contribution is 2.18. The minimum Gasteiger partial charge on any atom is -0.405 e. The van der Waals surface area contributed by atoms with Gasteiger partial charge in [0, 0.05) is 6.04 Å². The van der Waals surface area contributed by atoms with E-state index in [0.717, 1.165) is 13.0 Å². The van der Waals surface area contributed by atoms with E-state index in [1.165, 1.54) is 38.5 Å². The van der Waals surface area contributed by atoms with Crippen LogP contribution in [0.25, 0.3) is 0 Å². The van der Waals surface area contributed by atoms with Crippen molar-refractivity contribution in [2.45, 2.75) is 57.9 Å².